The maximum absolute atomic E-state index is 13.8. The highest BCUT2D eigenvalue weighted by Crippen LogP contribution is 2.27. The van der Waals surface area contributed by atoms with Gasteiger partial charge in [0.1, 0.15) is 0 Å². The Morgan fingerprint density at radius 3 is 2.35 bits per heavy atom. The van der Waals surface area contributed by atoms with E-state index in [0.29, 0.717) is 5.88 Å². The lowest BCUT2D eigenvalue weighted by Gasteiger charge is -2.23. The molecule has 1 N–H and O–H groups in total. The molecule has 1 rings (SSSR count). The molecule has 0 amide bonds. The van der Waals surface area contributed by atoms with Crippen LogP contribution in [0.4, 0.5) is 8.78 Å². The second-order valence-corrected chi connectivity index (χ2v) is 4.68. The Balaban J connectivity index is 2.56. The van der Waals surface area contributed by atoms with Crippen molar-refractivity contribution in [2.24, 2.45) is 5.92 Å². The zero-order valence-corrected chi connectivity index (χ0v) is 10.8. The van der Waals surface area contributed by atoms with E-state index >= 15 is 0 Å². The van der Waals surface area contributed by atoms with Gasteiger partial charge >= 0.3 is 0 Å². The number of nitrogens with one attached hydrogen (secondary N) is 1. The van der Waals surface area contributed by atoms with E-state index in [1.54, 1.807) is 18.2 Å². The third kappa shape index (κ3) is 4.25. The minimum absolute atomic E-state index is 0.0258. The van der Waals surface area contributed by atoms with Crippen molar-refractivity contribution in [3.63, 3.8) is 0 Å². The number of halogens is 3. The molecular formula is C13H18ClF2N. The van der Waals surface area contributed by atoms with Crippen molar-refractivity contribution in [1.82, 2.24) is 5.32 Å². The Labute approximate surface area is 106 Å². The molecule has 0 spiro atoms. The summed E-state index contributed by atoms with van der Waals surface area (Å²) in [6, 6.07) is 7.82. The van der Waals surface area contributed by atoms with Gasteiger partial charge in [-0.25, -0.2) is 0 Å². The Morgan fingerprint density at radius 2 is 1.82 bits per heavy atom. The Kier molecular flexibility index (Phi) is 5.34. The molecule has 1 aromatic rings. The highest BCUT2D eigenvalue weighted by Gasteiger charge is 2.31. The second kappa shape index (κ2) is 6.31. The van der Waals surface area contributed by atoms with Gasteiger partial charge in [0.2, 0.25) is 0 Å². The Bertz CT molecular complexity index is 329. The van der Waals surface area contributed by atoms with Gasteiger partial charge in [-0.1, -0.05) is 37.3 Å². The molecule has 0 fully saturated rings. The fourth-order valence-corrected chi connectivity index (χ4v) is 1.68. The van der Waals surface area contributed by atoms with Gasteiger partial charge in [-0.05, 0) is 12.8 Å². The summed E-state index contributed by atoms with van der Waals surface area (Å²) in [5.74, 6) is -2.21. The smallest absolute Gasteiger partial charge is 0.285 e. The third-order valence-electron chi connectivity index (χ3n) is 2.94. The van der Waals surface area contributed by atoms with Gasteiger partial charge in [0.15, 0.2) is 0 Å². The maximum atomic E-state index is 13.8. The van der Waals surface area contributed by atoms with Crippen LogP contribution in [0.5, 0.6) is 0 Å². The van der Waals surface area contributed by atoms with Gasteiger partial charge in [-0.3, -0.25) is 0 Å². The van der Waals surface area contributed by atoms with E-state index in [9.17, 15) is 8.78 Å². The minimum atomic E-state index is -2.85. The van der Waals surface area contributed by atoms with E-state index in [2.05, 4.69) is 5.32 Å². The van der Waals surface area contributed by atoms with Crippen molar-refractivity contribution in [1.29, 1.82) is 0 Å². The molecule has 1 aromatic carbocycles. The van der Waals surface area contributed by atoms with Crippen LogP contribution in [0, 0.1) is 5.92 Å². The number of alkyl halides is 3. The van der Waals surface area contributed by atoms with Crippen LogP contribution in [-0.4, -0.2) is 18.5 Å². The third-order valence-corrected chi connectivity index (χ3v) is 3.43. The summed E-state index contributed by atoms with van der Waals surface area (Å²) in [5.41, 5.74) is 0.0400. The highest BCUT2D eigenvalue weighted by molar-refractivity contribution is 6.18. The predicted molar refractivity (Wildman–Crippen MR) is 67.7 cm³/mol. The summed E-state index contributed by atoms with van der Waals surface area (Å²) < 4.78 is 27.6. The zero-order valence-electron chi connectivity index (χ0n) is 10.1. The maximum Gasteiger partial charge on any atom is 0.285 e. The Hall–Kier alpha value is -0.670. The first-order valence-corrected chi connectivity index (χ1v) is 6.23. The van der Waals surface area contributed by atoms with Crippen LogP contribution in [0.1, 0.15) is 19.4 Å². The molecule has 0 aliphatic heterocycles. The van der Waals surface area contributed by atoms with Crippen molar-refractivity contribution in [3.05, 3.63) is 35.9 Å². The van der Waals surface area contributed by atoms with Crippen LogP contribution in [0.3, 0.4) is 0 Å². The first-order valence-electron chi connectivity index (χ1n) is 5.70. The van der Waals surface area contributed by atoms with Crippen molar-refractivity contribution >= 4 is 11.6 Å². The summed E-state index contributed by atoms with van der Waals surface area (Å²) in [6.45, 7) is 3.44. The Morgan fingerprint density at radius 1 is 1.24 bits per heavy atom. The average molecular weight is 262 g/mol. The molecular weight excluding hydrogens is 244 g/mol. The first-order chi connectivity index (χ1) is 7.97. The lowest BCUT2D eigenvalue weighted by atomic mass is 10.0. The SMILES string of the molecule is CC(CCl)C(C)NCC(F)(F)c1ccccc1. The topological polar surface area (TPSA) is 12.0 Å². The molecule has 2 unspecified atom stereocenters. The predicted octanol–water partition coefficient (Wildman–Crippen LogP) is 3.63. The van der Waals surface area contributed by atoms with Gasteiger partial charge in [-0.2, -0.15) is 8.78 Å². The van der Waals surface area contributed by atoms with Crippen molar-refractivity contribution in [2.45, 2.75) is 25.8 Å². The lowest BCUT2D eigenvalue weighted by molar-refractivity contribution is -0.00642. The summed E-state index contributed by atoms with van der Waals surface area (Å²) in [6.07, 6.45) is 0. The van der Waals surface area contributed by atoms with Gasteiger partial charge in [0.25, 0.3) is 5.92 Å². The molecule has 0 aromatic heterocycles. The summed E-state index contributed by atoms with van der Waals surface area (Å²) in [5, 5.41) is 2.84. The first kappa shape index (κ1) is 14.4. The van der Waals surface area contributed by atoms with Crippen LogP contribution >= 0.6 is 11.6 Å². The lowest BCUT2D eigenvalue weighted by Crippen LogP contribution is -2.40. The number of hydrogen-bond donors (Lipinski definition) is 1. The highest BCUT2D eigenvalue weighted by atomic mass is 35.5. The molecule has 0 bridgehead atoms. The largest absolute Gasteiger partial charge is 0.308 e. The molecule has 96 valence electrons. The second-order valence-electron chi connectivity index (χ2n) is 4.37. The van der Waals surface area contributed by atoms with Gasteiger partial charge in [-0.15, -0.1) is 11.6 Å². The van der Waals surface area contributed by atoms with Gasteiger partial charge < -0.3 is 5.32 Å². The fourth-order valence-electron chi connectivity index (χ4n) is 1.41. The molecule has 0 radical (unpaired) electrons. The van der Waals surface area contributed by atoms with Gasteiger partial charge in [0, 0.05) is 17.5 Å². The zero-order chi connectivity index (χ0) is 12.9. The van der Waals surface area contributed by atoms with E-state index in [1.807, 2.05) is 13.8 Å². The number of benzene rings is 1. The van der Waals surface area contributed by atoms with E-state index in [-0.39, 0.29) is 24.1 Å². The molecule has 1 nitrogen and oxygen atoms in total. The quantitative estimate of drug-likeness (QED) is 0.771. The molecule has 0 saturated carbocycles. The van der Waals surface area contributed by atoms with Crippen LogP contribution in [0.25, 0.3) is 0 Å². The van der Waals surface area contributed by atoms with Crippen LogP contribution < -0.4 is 5.32 Å². The average Bonchev–Trinajstić information content (AvgIpc) is 2.36. The van der Waals surface area contributed by atoms with Crippen molar-refractivity contribution < 1.29 is 8.78 Å². The van der Waals surface area contributed by atoms with E-state index in [0.717, 1.165) is 0 Å². The number of hydrogen-bond acceptors (Lipinski definition) is 1. The molecule has 0 aliphatic rings. The normalized spacial score (nSPS) is 15.6. The van der Waals surface area contributed by atoms with E-state index in [4.69, 9.17) is 11.6 Å². The summed E-state index contributed by atoms with van der Waals surface area (Å²) in [7, 11) is 0. The molecule has 0 aliphatic carbocycles. The van der Waals surface area contributed by atoms with E-state index in [1.165, 1.54) is 12.1 Å². The van der Waals surface area contributed by atoms with Crippen LogP contribution in [-0.2, 0) is 5.92 Å². The molecule has 4 heteroatoms. The van der Waals surface area contributed by atoms with Crippen LogP contribution in [0.2, 0.25) is 0 Å². The van der Waals surface area contributed by atoms with Crippen molar-refractivity contribution in [3.8, 4) is 0 Å². The minimum Gasteiger partial charge on any atom is -0.308 e. The molecule has 0 heterocycles. The van der Waals surface area contributed by atoms with E-state index < -0.39 is 5.92 Å². The standard InChI is InChI=1S/C13H18ClF2N/c1-10(8-14)11(2)17-9-13(15,16)12-6-4-3-5-7-12/h3-7,10-11,17H,8-9H2,1-2H3. The monoisotopic (exact) mass is 261 g/mol. The van der Waals surface area contributed by atoms with Gasteiger partial charge in [0.05, 0.1) is 6.54 Å². The van der Waals surface area contributed by atoms with Crippen molar-refractivity contribution in [2.75, 3.05) is 12.4 Å². The summed E-state index contributed by atoms with van der Waals surface area (Å²) in [4.78, 5) is 0. The molecule has 17 heavy (non-hydrogen) atoms. The van der Waals surface area contributed by atoms with Crippen LogP contribution in [0.15, 0.2) is 30.3 Å². The molecule has 2 atom stereocenters. The number of rotatable bonds is 6. The summed E-state index contributed by atoms with van der Waals surface area (Å²) >= 11 is 5.69. The molecule has 0 saturated heterocycles. The fraction of sp³-hybridized carbons (Fsp3) is 0.538.